The lowest BCUT2D eigenvalue weighted by Gasteiger charge is -2.33. The number of primary amides is 1. The predicted octanol–water partition coefficient (Wildman–Crippen LogP) is 0.876. The van der Waals surface area contributed by atoms with Crippen molar-refractivity contribution in [2.24, 2.45) is 11.7 Å². The van der Waals surface area contributed by atoms with E-state index in [1.54, 1.807) is 0 Å². The summed E-state index contributed by atoms with van der Waals surface area (Å²) in [6.07, 6.45) is 8.22. The van der Waals surface area contributed by atoms with Crippen LogP contribution >= 0.6 is 0 Å². The number of nitrogens with two attached hydrogens (primary N) is 1. The number of hydrogen-bond acceptors (Lipinski definition) is 3. The summed E-state index contributed by atoms with van der Waals surface area (Å²) >= 11 is 0. The maximum absolute atomic E-state index is 11.0. The van der Waals surface area contributed by atoms with Gasteiger partial charge in [-0.25, -0.2) is 0 Å². The highest BCUT2D eigenvalue weighted by Crippen LogP contribution is 2.19. The number of carbonyl (C=O) groups excluding carboxylic acids is 1. The smallest absolute Gasteiger partial charge is 0.220 e. The van der Waals surface area contributed by atoms with Gasteiger partial charge in [-0.1, -0.05) is 0 Å². The van der Waals surface area contributed by atoms with E-state index in [-0.39, 0.29) is 11.8 Å². The summed E-state index contributed by atoms with van der Waals surface area (Å²) in [5.41, 5.74) is 5.31. The molecule has 0 aromatic carbocycles. The van der Waals surface area contributed by atoms with Crippen LogP contribution in [0.5, 0.6) is 0 Å². The van der Waals surface area contributed by atoms with Gasteiger partial charge in [0.15, 0.2) is 0 Å². The molecule has 0 aromatic rings. The van der Waals surface area contributed by atoms with E-state index in [0.717, 1.165) is 45.3 Å². The van der Waals surface area contributed by atoms with E-state index in [0.29, 0.717) is 6.10 Å². The van der Waals surface area contributed by atoms with Crippen molar-refractivity contribution in [1.29, 1.82) is 0 Å². The number of piperidine rings is 1. The third-order valence-electron chi connectivity index (χ3n) is 3.47. The van der Waals surface area contributed by atoms with Crippen LogP contribution in [-0.4, -0.2) is 36.5 Å². The van der Waals surface area contributed by atoms with Crippen LogP contribution in [0.1, 0.15) is 25.7 Å². The summed E-state index contributed by atoms with van der Waals surface area (Å²) in [7, 11) is 0. The van der Waals surface area contributed by atoms with Crippen molar-refractivity contribution in [2.45, 2.75) is 31.8 Å². The van der Waals surface area contributed by atoms with Crippen LogP contribution in [0.3, 0.4) is 0 Å². The first kappa shape index (κ1) is 11.5. The number of allylic oxidation sites excluding steroid dienone is 1. The van der Waals surface area contributed by atoms with Crippen molar-refractivity contribution < 1.29 is 9.53 Å². The normalized spacial score (nSPS) is 27.6. The maximum atomic E-state index is 11.0. The molecule has 0 saturated carbocycles. The summed E-state index contributed by atoms with van der Waals surface area (Å²) in [5, 5.41) is 0. The van der Waals surface area contributed by atoms with E-state index in [4.69, 9.17) is 10.5 Å². The van der Waals surface area contributed by atoms with Gasteiger partial charge in [-0.15, -0.1) is 0 Å². The zero-order valence-electron chi connectivity index (χ0n) is 9.60. The topological polar surface area (TPSA) is 55.6 Å². The minimum absolute atomic E-state index is 0.0865. The van der Waals surface area contributed by atoms with Gasteiger partial charge in [-0.2, -0.15) is 0 Å². The zero-order valence-corrected chi connectivity index (χ0v) is 9.60. The van der Waals surface area contributed by atoms with Crippen molar-refractivity contribution in [3.05, 3.63) is 12.3 Å². The summed E-state index contributed by atoms with van der Waals surface area (Å²) in [4.78, 5) is 13.4. The summed E-state index contributed by atoms with van der Waals surface area (Å²) < 4.78 is 5.54. The number of rotatable bonds is 3. The van der Waals surface area contributed by atoms with Gasteiger partial charge >= 0.3 is 0 Å². The maximum Gasteiger partial charge on any atom is 0.220 e. The van der Waals surface area contributed by atoms with Crippen LogP contribution < -0.4 is 5.73 Å². The SMILES string of the molecule is NC(=O)C1CCN(CC2CCC=CO2)CC1. The molecule has 2 N–H and O–H groups in total. The molecule has 1 fully saturated rings. The Labute approximate surface area is 96.4 Å². The fourth-order valence-electron chi connectivity index (χ4n) is 2.41. The van der Waals surface area contributed by atoms with E-state index in [9.17, 15) is 4.79 Å². The van der Waals surface area contributed by atoms with Crippen molar-refractivity contribution in [3.63, 3.8) is 0 Å². The molecule has 1 saturated heterocycles. The van der Waals surface area contributed by atoms with Crippen molar-refractivity contribution in [2.75, 3.05) is 19.6 Å². The minimum Gasteiger partial charge on any atom is -0.497 e. The first-order valence-corrected chi connectivity index (χ1v) is 6.08. The molecule has 0 spiro atoms. The molecule has 16 heavy (non-hydrogen) atoms. The molecule has 4 heteroatoms. The van der Waals surface area contributed by atoms with Crippen LogP contribution in [0.15, 0.2) is 12.3 Å². The Morgan fingerprint density at radius 2 is 2.12 bits per heavy atom. The molecular weight excluding hydrogens is 204 g/mol. The quantitative estimate of drug-likeness (QED) is 0.774. The van der Waals surface area contributed by atoms with Gasteiger partial charge < -0.3 is 10.5 Å². The first-order chi connectivity index (χ1) is 7.75. The van der Waals surface area contributed by atoms with Gasteiger partial charge in [-0.05, 0) is 44.8 Å². The van der Waals surface area contributed by atoms with Crippen molar-refractivity contribution in [1.82, 2.24) is 4.90 Å². The fourth-order valence-corrected chi connectivity index (χ4v) is 2.41. The molecular formula is C12H20N2O2. The molecule has 0 aliphatic carbocycles. The van der Waals surface area contributed by atoms with Gasteiger partial charge in [0.1, 0.15) is 6.10 Å². The fraction of sp³-hybridized carbons (Fsp3) is 0.750. The first-order valence-electron chi connectivity index (χ1n) is 6.08. The Morgan fingerprint density at radius 3 is 2.69 bits per heavy atom. The van der Waals surface area contributed by atoms with Crippen LogP contribution in [0.2, 0.25) is 0 Å². The molecule has 2 rings (SSSR count). The highest BCUT2D eigenvalue weighted by Gasteiger charge is 2.25. The number of likely N-dealkylation sites (tertiary alicyclic amines) is 1. The molecule has 4 nitrogen and oxygen atoms in total. The third kappa shape index (κ3) is 2.98. The summed E-state index contributed by atoms with van der Waals surface area (Å²) in [5.74, 6) is -0.0556. The van der Waals surface area contributed by atoms with E-state index >= 15 is 0 Å². The second kappa shape index (κ2) is 5.34. The molecule has 1 atom stereocenters. The second-order valence-electron chi connectivity index (χ2n) is 4.68. The molecule has 1 unspecified atom stereocenters. The van der Waals surface area contributed by atoms with Crippen LogP contribution in [0.25, 0.3) is 0 Å². The number of ether oxygens (including phenoxy) is 1. The van der Waals surface area contributed by atoms with Gasteiger partial charge in [0, 0.05) is 12.5 Å². The zero-order chi connectivity index (χ0) is 11.4. The van der Waals surface area contributed by atoms with Gasteiger partial charge in [0.05, 0.1) is 6.26 Å². The molecule has 2 aliphatic heterocycles. The molecule has 1 amide bonds. The van der Waals surface area contributed by atoms with Crippen LogP contribution in [0.4, 0.5) is 0 Å². The highest BCUT2D eigenvalue weighted by atomic mass is 16.5. The predicted molar refractivity (Wildman–Crippen MR) is 61.6 cm³/mol. The highest BCUT2D eigenvalue weighted by molar-refractivity contribution is 5.76. The molecule has 0 aromatic heterocycles. The van der Waals surface area contributed by atoms with Gasteiger partial charge in [0.25, 0.3) is 0 Å². The lowest BCUT2D eigenvalue weighted by Crippen LogP contribution is -2.42. The number of carbonyl (C=O) groups is 1. The molecule has 0 bridgehead atoms. The van der Waals surface area contributed by atoms with Crippen LogP contribution in [0, 0.1) is 5.92 Å². The van der Waals surface area contributed by atoms with E-state index in [1.165, 1.54) is 0 Å². The largest absolute Gasteiger partial charge is 0.497 e. The Bertz CT molecular complexity index is 270. The lowest BCUT2D eigenvalue weighted by molar-refractivity contribution is -0.123. The number of nitrogens with zero attached hydrogens (tertiary/aromatic N) is 1. The number of hydrogen-bond donors (Lipinski definition) is 1. The average molecular weight is 224 g/mol. The lowest BCUT2D eigenvalue weighted by atomic mass is 9.96. The molecule has 2 aliphatic rings. The van der Waals surface area contributed by atoms with E-state index in [2.05, 4.69) is 11.0 Å². The second-order valence-corrected chi connectivity index (χ2v) is 4.68. The third-order valence-corrected chi connectivity index (χ3v) is 3.47. The van der Waals surface area contributed by atoms with Gasteiger partial charge in [0.2, 0.25) is 5.91 Å². The Hall–Kier alpha value is -1.03. The molecule has 0 radical (unpaired) electrons. The monoisotopic (exact) mass is 224 g/mol. The Balaban J connectivity index is 1.72. The van der Waals surface area contributed by atoms with E-state index in [1.807, 2.05) is 6.26 Å². The van der Waals surface area contributed by atoms with Crippen molar-refractivity contribution in [3.8, 4) is 0 Å². The van der Waals surface area contributed by atoms with Gasteiger partial charge in [-0.3, -0.25) is 9.69 Å². The van der Waals surface area contributed by atoms with Crippen molar-refractivity contribution >= 4 is 5.91 Å². The Kier molecular flexibility index (Phi) is 3.83. The molecule has 90 valence electrons. The number of amides is 1. The minimum atomic E-state index is -0.142. The Morgan fingerprint density at radius 1 is 1.38 bits per heavy atom. The average Bonchev–Trinajstić information content (AvgIpc) is 2.31. The summed E-state index contributed by atoms with van der Waals surface area (Å²) in [6, 6.07) is 0. The standard InChI is InChI=1S/C12H20N2O2/c13-12(15)10-4-6-14(7-5-10)9-11-3-1-2-8-16-11/h2,8,10-11H,1,3-7,9H2,(H2,13,15). The van der Waals surface area contributed by atoms with Crippen LogP contribution in [-0.2, 0) is 9.53 Å². The van der Waals surface area contributed by atoms with E-state index < -0.39 is 0 Å². The summed E-state index contributed by atoms with van der Waals surface area (Å²) in [6.45, 7) is 2.92. The molecule has 2 heterocycles.